The Morgan fingerprint density at radius 2 is 1.43 bits per heavy atom. The second kappa shape index (κ2) is 16.6. The Balaban J connectivity index is 3.12. The van der Waals surface area contributed by atoms with Crippen molar-refractivity contribution in [3.05, 3.63) is 35.9 Å². The summed E-state index contributed by atoms with van der Waals surface area (Å²) in [4.78, 5) is 61.6. The zero-order valence-electron chi connectivity index (χ0n) is 21.4. The number of hydrogen-bond donors (Lipinski definition) is 6. The molecular formula is C25H38N4O7S. The zero-order chi connectivity index (χ0) is 28.0. The molecule has 0 aliphatic heterocycles. The SMILES string of the molecule is CSCCC(N)C(=O)NC(CCC(=O)O)C(=O)NC(Cc1ccccc1)C(=O)NC(CC(C)C)C(=O)O. The second-order valence-electron chi connectivity index (χ2n) is 9.16. The van der Waals surface area contributed by atoms with Crippen molar-refractivity contribution in [2.75, 3.05) is 12.0 Å². The van der Waals surface area contributed by atoms with Gasteiger partial charge in [-0.2, -0.15) is 11.8 Å². The summed E-state index contributed by atoms with van der Waals surface area (Å²) >= 11 is 1.51. The molecule has 37 heavy (non-hydrogen) atoms. The molecule has 0 aliphatic rings. The highest BCUT2D eigenvalue weighted by atomic mass is 32.2. The lowest BCUT2D eigenvalue weighted by Gasteiger charge is -2.25. The third kappa shape index (κ3) is 12.6. The molecule has 3 amide bonds. The van der Waals surface area contributed by atoms with Gasteiger partial charge in [0.15, 0.2) is 0 Å². The lowest BCUT2D eigenvalue weighted by Crippen LogP contribution is -2.57. The van der Waals surface area contributed by atoms with E-state index in [0.29, 0.717) is 17.7 Å². The number of carboxylic acid groups (broad SMARTS) is 2. The average Bonchev–Trinajstić information content (AvgIpc) is 2.83. The molecule has 0 radical (unpaired) electrons. The van der Waals surface area contributed by atoms with Gasteiger partial charge in [-0.1, -0.05) is 44.2 Å². The number of carbonyl (C=O) groups excluding carboxylic acids is 3. The smallest absolute Gasteiger partial charge is 0.326 e. The van der Waals surface area contributed by atoms with Crippen LogP contribution in [0.25, 0.3) is 0 Å². The summed E-state index contributed by atoms with van der Waals surface area (Å²) in [6.45, 7) is 3.65. The lowest BCUT2D eigenvalue weighted by molar-refractivity contribution is -0.142. The fourth-order valence-electron chi connectivity index (χ4n) is 3.49. The number of benzene rings is 1. The maximum atomic E-state index is 13.2. The Labute approximate surface area is 221 Å². The fourth-order valence-corrected chi connectivity index (χ4v) is 3.98. The van der Waals surface area contributed by atoms with Crippen molar-refractivity contribution in [1.29, 1.82) is 0 Å². The van der Waals surface area contributed by atoms with Crippen molar-refractivity contribution in [3.63, 3.8) is 0 Å². The number of thioether (sulfide) groups is 1. The van der Waals surface area contributed by atoms with Crippen molar-refractivity contribution in [3.8, 4) is 0 Å². The predicted octanol–water partition coefficient (Wildman–Crippen LogP) is 0.759. The molecule has 0 spiro atoms. The number of rotatable bonds is 17. The Bertz CT molecular complexity index is 914. The molecule has 0 bridgehead atoms. The van der Waals surface area contributed by atoms with Crippen LogP contribution in [0.4, 0.5) is 0 Å². The Morgan fingerprint density at radius 3 is 1.97 bits per heavy atom. The van der Waals surface area contributed by atoms with E-state index in [4.69, 9.17) is 10.8 Å². The normalized spacial score (nSPS) is 14.2. The Hall–Kier alpha value is -3.12. The van der Waals surface area contributed by atoms with Gasteiger partial charge in [-0.05, 0) is 42.8 Å². The summed E-state index contributed by atoms with van der Waals surface area (Å²) in [6, 6.07) is 4.36. The van der Waals surface area contributed by atoms with Crippen LogP contribution in [0, 0.1) is 5.92 Å². The molecule has 206 valence electrons. The van der Waals surface area contributed by atoms with Crippen LogP contribution in [0.2, 0.25) is 0 Å². The highest BCUT2D eigenvalue weighted by Gasteiger charge is 2.31. The molecule has 0 fully saturated rings. The topological polar surface area (TPSA) is 188 Å². The van der Waals surface area contributed by atoms with E-state index in [1.54, 1.807) is 30.3 Å². The van der Waals surface area contributed by atoms with E-state index in [9.17, 15) is 29.1 Å². The monoisotopic (exact) mass is 538 g/mol. The molecule has 11 nitrogen and oxygen atoms in total. The highest BCUT2D eigenvalue weighted by Crippen LogP contribution is 2.09. The molecular weight excluding hydrogens is 500 g/mol. The number of nitrogens with one attached hydrogen (secondary N) is 3. The number of nitrogens with two attached hydrogens (primary N) is 1. The fraction of sp³-hybridized carbons (Fsp3) is 0.560. The first kappa shape index (κ1) is 31.9. The molecule has 7 N–H and O–H groups in total. The molecule has 0 heterocycles. The largest absolute Gasteiger partial charge is 0.481 e. The average molecular weight is 539 g/mol. The van der Waals surface area contributed by atoms with Crippen LogP contribution in [0.1, 0.15) is 45.1 Å². The number of amides is 3. The number of hydrogen-bond acceptors (Lipinski definition) is 7. The van der Waals surface area contributed by atoms with E-state index in [1.165, 1.54) is 11.8 Å². The molecule has 4 unspecified atom stereocenters. The third-order valence-electron chi connectivity index (χ3n) is 5.49. The molecule has 0 aliphatic carbocycles. The number of aliphatic carboxylic acids is 2. The van der Waals surface area contributed by atoms with Crippen molar-refractivity contribution >= 4 is 41.4 Å². The van der Waals surface area contributed by atoms with Gasteiger partial charge in [-0.3, -0.25) is 19.2 Å². The standard InChI is InChI=1S/C25H38N4O7S/c1-15(2)13-20(25(35)36)29-24(34)19(14-16-7-5-4-6-8-16)28-23(33)18(9-10-21(30)31)27-22(32)17(26)11-12-37-3/h4-8,15,17-20H,9-14,26H2,1-3H3,(H,27,32)(H,28,33)(H,29,34)(H,30,31)(H,35,36). The molecule has 12 heteroatoms. The van der Waals surface area contributed by atoms with Gasteiger partial charge in [0, 0.05) is 12.8 Å². The van der Waals surface area contributed by atoms with Gasteiger partial charge in [0.05, 0.1) is 6.04 Å². The zero-order valence-corrected chi connectivity index (χ0v) is 22.3. The van der Waals surface area contributed by atoms with Crippen molar-refractivity contribution in [2.24, 2.45) is 11.7 Å². The van der Waals surface area contributed by atoms with Gasteiger partial charge >= 0.3 is 11.9 Å². The highest BCUT2D eigenvalue weighted by molar-refractivity contribution is 7.98. The quantitative estimate of drug-likeness (QED) is 0.166. The van der Waals surface area contributed by atoms with Crippen molar-refractivity contribution in [2.45, 2.75) is 70.1 Å². The predicted molar refractivity (Wildman–Crippen MR) is 141 cm³/mol. The molecule has 0 saturated carbocycles. The van der Waals surface area contributed by atoms with Gasteiger partial charge in [0.2, 0.25) is 17.7 Å². The van der Waals surface area contributed by atoms with E-state index >= 15 is 0 Å². The van der Waals surface area contributed by atoms with Gasteiger partial charge in [-0.15, -0.1) is 0 Å². The maximum Gasteiger partial charge on any atom is 0.326 e. The van der Waals surface area contributed by atoms with Crippen LogP contribution in [0.5, 0.6) is 0 Å². The first-order chi connectivity index (χ1) is 17.4. The van der Waals surface area contributed by atoms with E-state index in [0.717, 1.165) is 0 Å². The summed E-state index contributed by atoms with van der Waals surface area (Å²) in [6.07, 6.45) is 1.86. The summed E-state index contributed by atoms with van der Waals surface area (Å²) < 4.78 is 0. The van der Waals surface area contributed by atoms with Crippen LogP contribution >= 0.6 is 11.8 Å². The van der Waals surface area contributed by atoms with E-state index < -0.39 is 60.2 Å². The molecule has 1 aromatic carbocycles. The summed E-state index contributed by atoms with van der Waals surface area (Å²) in [5.41, 5.74) is 6.60. The summed E-state index contributed by atoms with van der Waals surface area (Å²) in [5, 5.41) is 26.2. The Kier molecular flexibility index (Phi) is 14.3. The second-order valence-corrected chi connectivity index (χ2v) is 10.1. The minimum atomic E-state index is -1.25. The minimum Gasteiger partial charge on any atom is -0.481 e. The van der Waals surface area contributed by atoms with E-state index in [2.05, 4.69) is 16.0 Å². The summed E-state index contributed by atoms with van der Waals surface area (Å²) in [7, 11) is 0. The molecule has 0 saturated heterocycles. The van der Waals surface area contributed by atoms with Crippen LogP contribution in [0.3, 0.4) is 0 Å². The molecule has 0 aromatic heterocycles. The van der Waals surface area contributed by atoms with Gasteiger partial charge in [0.1, 0.15) is 18.1 Å². The van der Waals surface area contributed by atoms with Crippen LogP contribution < -0.4 is 21.7 Å². The first-order valence-corrected chi connectivity index (χ1v) is 13.5. The van der Waals surface area contributed by atoms with Gasteiger partial charge in [-0.25, -0.2) is 4.79 Å². The first-order valence-electron chi connectivity index (χ1n) is 12.1. The lowest BCUT2D eigenvalue weighted by atomic mass is 10.0. The van der Waals surface area contributed by atoms with Crippen molar-refractivity contribution < 1.29 is 34.2 Å². The number of carbonyl (C=O) groups is 5. The third-order valence-corrected chi connectivity index (χ3v) is 6.13. The molecule has 1 rings (SSSR count). The maximum absolute atomic E-state index is 13.2. The molecule has 1 aromatic rings. The van der Waals surface area contributed by atoms with Crippen LogP contribution in [-0.2, 0) is 30.4 Å². The van der Waals surface area contributed by atoms with Crippen molar-refractivity contribution in [1.82, 2.24) is 16.0 Å². The number of carboxylic acids is 2. The summed E-state index contributed by atoms with van der Waals surface area (Å²) in [5.74, 6) is -3.81. The van der Waals surface area contributed by atoms with Gasteiger partial charge < -0.3 is 31.9 Å². The van der Waals surface area contributed by atoms with Gasteiger partial charge in [0.25, 0.3) is 0 Å². The molecule has 4 atom stereocenters. The van der Waals surface area contributed by atoms with E-state index in [1.807, 2.05) is 20.1 Å². The van der Waals surface area contributed by atoms with Crippen LogP contribution in [-0.4, -0.2) is 76.0 Å². The van der Waals surface area contributed by atoms with Crippen LogP contribution in [0.15, 0.2) is 30.3 Å². The Morgan fingerprint density at radius 1 is 0.865 bits per heavy atom. The minimum absolute atomic E-state index is 0.00510. The van der Waals surface area contributed by atoms with E-state index in [-0.39, 0.29) is 25.2 Å².